The van der Waals surface area contributed by atoms with Crippen LogP contribution in [0.4, 0.5) is 5.69 Å². The molecule has 0 aromatic heterocycles. The Kier molecular flexibility index (Phi) is 5.82. The third-order valence-corrected chi connectivity index (χ3v) is 3.49. The van der Waals surface area contributed by atoms with Crippen LogP contribution in [-0.2, 0) is 16.0 Å². The number of amides is 2. The molecule has 0 bridgehead atoms. The van der Waals surface area contributed by atoms with Crippen molar-refractivity contribution in [1.82, 2.24) is 4.90 Å². The van der Waals surface area contributed by atoms with Gasteiger partial charge in [-0.15, -0.1) is 12.4 Å². The SMILES string of the molecule is Cl.NC(=O)C1CCCCN1C(=O)Cc1ccc(N)cc1. The zero-order valence-electron chi connectivity index (χ0n) is 11.2. The van der Waals surface area contributed by atoms with Crippen molar-refractivity contribution < 1.29 is 9.59 Å². The number of primary amides is 1. The Bertz CT molecular complexity index is 476. The van der Waals surface area contributed by atoms with E-state index >= 15 is 0 Å². The molecule has 2 amide bonds. The normalized spacial score (nSPS) is 18.2. The summed E-state index contributed by atoms with van der Waals surface area (Å²) in [5.41, 5.74) is 12.5. The average Bonchev–Trinajstić information content (AvgIpc) is 2.41. The second kappa shape index (κ2) is 7.14. The van der Waals surface area contributed by atoms with Gasteiger partial charge in [0.1, 0.15) is 6.04 Å². The summed E-state index contributed by atoms with van der Waals surface area (Å²) in [5.74, 6) is -0.460. The number of hydrogen-bond acceptors (Lipinski definition) is 3. The number of halogens is 1. The maximum Gasteiger partial charge on any atom is 0.240 e. The molecule has 4 N–H and O–H groups in total. The van der Waals surface area contributed by atoms with Gasteiger partial charge in [0, 0.05) is 12.2 Å². The monoisotopic (exact) mass is 297 g/mol. The van der Waals surface area contributed by atoms with Gasteiger partial charge in [-0.2, -0.15) is 0 Å². The number of hydrogen-bond donors (Lipinski definition) is 2. The molecule has 1 saturated heterocycles. The Morgan fingerprint density at radius 2 is 1.85 bits per heavy atom. The van der Waals surface area contributed by atoms with Crippen molar-refractivity contribution in [1.29, 1.82) is 0 Å². The van der Waals surface area contributed by atoms with E-state index in [0.717, 1.165) is 18.4 Å². The molecule has 2 rings (SSSR count). The number of nitrogens with zero attached hydrogens (tertiary/aromatic N) is 1. The molecule has 1 atom stereocenters. The molecule has 0 aliphatic carbocycles. The fraction of sp³-hybridized carbons (Fsp3) is 0.429. The van der Waals surface area contributed by atoms with E-state index in [0.29, 0.717) is 18.7 Å². The van der Waals surface area contributed by atoms with Gasteiger partial charge >= 0.3 is 0 Å². The van der Waals surface area contributed by atoms with E-state index in [1.54, 1.807) is 17.0 Å². The first kappa shape index (κ1) is 16.3. The molecule has 0 spiro atoms. The highest BCUT2D eigenvalue weighted by atomic mass is 35.5. The van der Waals surface area contributed by atoms with Gasteiger partial charge in [0.05, 0.1) is 6.42 Å². The van der Waals surface area contributed by atoms with Gasteiger partial charge in [0.25, 0.3) is 0 Å². The van der Waals surface area contributed by atoms with Gasteiger partial charge < -0.3 is 16.4 Å². The van der Waals surface area contributed by atoms with Crippen molar-refractivity contribution in [2.45, 2.75) is 31.7 Å². The van der Waals surface area contributed by atoms with Crippen LogP contribution in [0.25, 0.3) is 0 Å². The quantitative estimate of drug-likeness (QED) is 0.819. The largest absolute Gasteiger partial charge is 0.399 e. The molecule has 0 radical (unpaired) electrons. The highest BCUT2D eigenvalue weighted by Gasteiger charge is 2.30. The summed E-state index contributed by atoms with van der Waals surface area (Å²) in [4.78, 5) is 25.2. The van der Waals surface area contributed by atoms with Gasteiger partial charge in [-0.05, 0) is 37.0 Å². The third-order valence-electron chi connectivity index (χ3n) is 3.49. The standard InChI is InChI=1S/C14H19N3O2.ClH/c15-11-6-4-10(5-7-11)9-13(18)17-8-2-1-3-12(17)14(16)19;/h4-7,12H,1-3,8-9,15H2,(H2,16,19);1H. The van der Waals surface area contributed by atoms with Crippen LogP contribution in [0.15, 0.2) is 24.3 Å². The Labute approximate surface area is 124 Å². The lowest BCUT2D eigenvalue weighted by Crippen LogP contribution is -2.50. The molecule has 110 valence electrons. The van der Waals surface area contributed by atoms with E-state index in [-0.39, 0.29) is 24.7 Å². The van der Waals surface area contributed by atoms with Crippen molar-refractivity contribution in [3.63, 3.8) is 0 Å². The van der Waals surface area contributed by atoms with Crippen LogP contribution in [0, 0.1) is 0 Å². The Morgan fingerprint density at radius 3 is 2.45 bits per heavy atom. The van der Waals surface area contributed by atoms with E-state index in [1.807, 2.05) is 12.1 Å². The Balaban J connectivity index is 0.00000200. The molecular formula is C14H20ClN3O2. The van der Waals surface area contributed by atoms with Crippen LogP contribution in [0.3, 0.4) is 0 Å². The van der Waals surface area contributed by atoms with Crippen molar-refractivity contribution in [3.05, 3.63) is 29.8 Å². The van der Waals surface area contributed by atoms with Gasteiger partial charge in [-0.3, -0.25) is 9.59 Å². The van der Waals surface area contributed by atoms with Gasteiger partial charge in [-0.25, -0.2) is 0 Å². The van der Waals surface area contributed by atoms with E-state index in [4.69, 9.17) is 11.5 Å². The first-order valence-electron chi connectivity index (χ1n) is 6.51. The molecule has 1 aliphatic rings. The van der Waals surface area contributed by atoms with E-state index in [9.17, 15) is 9.59 Å². The topological polar surface area (TPSA) is 89.4 Å². The van der Waals surface area contributed by atoms with Crippen molar-refractivity contribution >= 4 is 29.9 Å². The summed E-state index contributed by atoms with van der Waals surface area (Å²) >= 11 is 0. The van der Waals surface area contributed by atoms with Crippen LogP contribution < -0.4 is 11.5 Å². The minimum atomic E-state index is -0.449. The molecule has 1 fully saturated rings. The summed E-state index contributed by atoms with van der Waals surface area (Å²) in [6.45, 7) is 0.613. The first-order valence-corrected chi connectivity index (χ1v) is 6.51. The molecule has 6 heteroatoms. The number of benzene rings is 1. The van der Waals surface area contributed by atoms with Crippen LogP contribution in [0.1, 0.15) is 24.8 Å². The maximum atomic E-state index is 12.3. The summed E-state index contributed by atoms with van der Waals surface area (Å²) in [6.07, 6.45) is 2.82. The second-order valence-corrected chi connectivity index (χ2v) is 4.92. The molecule has 5 nitrogen and oxygen atoms in total. The van der Waals surface area contributed by atoms with E-state index < -0.39 is 11.9 Å². The summed E-state index contributed by atoms with van der Waals surface area (Å²) < 4.78 is 0. The highest BCUT2D eigenvalue weighted by Crippen LogP contribution is 2.18. The fourth-order valence-electron chi connectivity index (χ4n) is 2.44. The first-order chi connectivity index (χ1) is 9.08. The van der Waals surface area contributed by atoms with Gasteiger partial charge in [0.2, 0.25) is 11.8 Å². The molecular weight excluding hydrogens is 278 g/mol. The highest BCUT2D eigenvalue weighted by molar-refractivity contribution is 5.87. The minimum Gasteiger partial charge on any atom is -0.399 e. The van der Waals surface area contributed by atoms with Crippen molar-refractivity contribution in [2.24, 2.45) is 5.73 Å². The van der Waals surface area contributed by atoms with Crippen LogP contribution >= 0.6 is 12.4 Å². The van der Waals surface area contributed by atoms with E-state index in [2.05, 4.69) is 0 Å². The number of nitrogens with two attached hydrogens (primary N) is 2. The third kappa shape index (κ3) is 3.87. The number of carbonyl (C=O) groups excluding carboxylic acids is 2. The van der Waals surface area contributed by atoms with Crippen molar-refractivity contribution in [2.75, 3.05) is 12.3 Å². The minimum absolute atomic E-state index is 0. The molecule has 1 heterocycles. The van der Waals surface area contributed by atoms with Gasteiger partial charge in [0.15, 0.2) is 0 Å². The number of anilines is 1. The lowest BCUT2D eigenvalue weighted by atomic mass is 10.0. The van der Waals surface area contributed by atoms with Crippen molar-refractivity contribution in [3.8, 4) is 0 Å². The lowest BCUT2D eigenvalue weighted by molar-refractivity contribution is -0.140. The summed E-state index contributed by atoms with van der Waals surface area (Å²) in [7, 11) is 0. The molecule has 1 aromatic carbocycles. The smallest absolute Gasteiger partial charge is 0.240 e. The Hall–Kier alpha value is -1.75. The molecule has 1 unspecified atom stereocenters. The predicted octanol–water partition coefficient (Wildman–Crippen LogP) is 1.10. The molecule has 20 heavy (non-hydrogen) atoms. The number of piperidine rings is 1. The lowest BCUT2D eigenvalue weighted by Gasteiger charge is -2.33. The fourth-order valence-corrected chi connectivity index (χ4v) is 2.44. The number of carbonyl (C=O) groups is 2. The molecule has 0 saturated carbocycles. The van der Waals surface area contributed by atoms with E-state index in [1.165, 1.54) is 0 Å². The molecule has 1 aromatic rings. The molecule has 1 aliphatic heterocycles. The van der Waals surface area contributed by atoms with Crippen LogP contribution in [0.2, 0.25) is 0 Å². The van der Waals surface area contributed by atoms with Gasteiger partial charge in [-0.1, -0.05) is 12.1 Å². The van der Waals surface area contributed by atoms with Crippen LogP contribution in [-0.4, -0.2) is 29.3 Å². The Morgan fingerprint density at radius 1 is 1.20 bits per heavy atom. The zero-order chi connectivity index (χ0) is 13.8. The summed E-state index contributed by atoms with van der Waals surface area (Å²) in [5, 5.41) is 0. The zero-order valence-corrected chi connectivity index (χ0v) is 12.1. The predicted molar refractivity (Wildman–Crippen MR) is 80.4 cm³/mol. The maximum absolute atomic E-state index is 12.3. The number of rotatable bonds is 3. The number of nitrogen functional groups attached to an aromatic ring is 1. The van der Waals surface area contributed by atoms with Crippen LogP contribution in [0.5, 0.6) is 0 Å². The average molecular weight is 298 g/mol. The second-order valence-electron chi connectivity index (χ2n) is 4.92. The number of likely N-dealkylation sites (tertiary alicyclic amines) is 1. The summed E-state index contributed by atoms with van der Waals surface area (Å²) in [6, 6.07) is 6.75.